The molecule has 0 bridgehead atoms. The topological polar surface area (TPSA) is 74.5 Å². The number of rotatable bonds is 13. The minimum Gasteiger partial charge on any atom is -0.394 e. The molecular weight excluding hydrogens is 568 g/mol. The number of hydrogen-bond donors (Lipinski definition) is 2. The Morgan fingerprint density at radius 1 is 1.07 bits per heavy atom. The number of aliphatic hydroxyl groups is 1. The van der Waals surface area contributed by atoms with Gasteiger partial charge in [-0.25, -0.2) is 4.48 Å². The summed E-state index contributed by atoms with van der Waals surface area (Å²) in [6.45, 7) is 16.9. The maximum absolute atomic E-state index is 8.91. The molecule has 1 aliphatic heterocycles. The second kappa shape index (κ2) is 21.1. The Hall–Kier alpha value is 0.342. The van der Waals surface area contributed by atoms with E-state index in [1.54, 1.807) is 0 Å². The van der Waals surface area contributed by atoms with Gasteiger partial charge in [0.25, 0.3) is 0 Å². The second-order valence-corrected chi connectivity index (χ2v) is 6.86. The van der Waals surface area contributed by atoms with Gasteiger partial charge in [0.2, 0.25) is 0 Å². The van der Waals surface area contributed by atoms with Crippen molar-refractivity contribution >= 4 is 0 Å². The quantitative estimate of drug-likeness (QED) is 0.145. The Morgan fingerprint density at radius 3 is 2.22 bits per heavy atom. The van der Waals surface area contributed by atoms with E-state index in [-0.39, 0.29) is 37.7 Å². The first kappa shape index (κ1) is 29.5. The van der Waals surface area contributed by atoms with E-state index in [0.717, 1.165) is 45.1 Å². The van der Waals surface area contributed by atoms with Gasteiger partial charge in [-0.05, 0) is 25.4 Å². The van der Waals surface area contributed by atoms with Crippen molar-refractivity contribution in [1.29, 1.82) is 5.26 Å². The zero-order valence-electron chi connectivity index (χ0n) is 17.3. The molecule has 0 aromatic heterocycles. The van der Waals surface area contributed by atoms with E-state index in [1.165, 1.54) is 25.7 Å². The number of likely N-dealkylation sites (tertiary alicyclic amines) is 1. The van der Waals surface area contributed by atoms with E-state index < -0.39 is 0 Å². The molecule has 1 heterocycles. The minimum absolute atomic E-state index is 0. The second-order valence-electron chi connectivity index (χ2n) is 6.86. The largest absolute Gasteiger partial charge is 2.00 e. The summed E-state index contributed by atoms with van der Waals surface area (Å²) in [6, 6.07) is 0. The molecule has 1 rings (SSSR count). The molecule has 0 spiro atoms. The molecule has 1 fully saturated rings. The summed E-state index contributed by atoms with van der Waals surface area (Å²) in [7, 11) is 0. The molecule has 7 heteroatoms. The van der Waals surface area contributed by atoms with E-state index in [9.17, 15) is 0 Å². The summed E-state index contributed by atoms with van der Waals surface area (Å²) in [5.41, 5.74) is 0. The summed E-state index contributed by atoms with van der Waals surface area (Å²) in [6.07, 6.45) is 8.11. The van der Waals surface area contributed by atoms with Gasteiger partial charge in [-0.1, -0.05) is 13.3 Å². The number of piperidine rings is 1. The van der Waals surface area contributed by atoms with Gasteiger partial charge < -0.3 is 26.8 Å². The van der Waals surface area contributed by atoms with Crippen LogP contribution in [0.25, 0.3) is 0 Å². The third-order valence-electron chi connectivity index (χ3n) is 4.62. The van der Waals surface area contributed by atoms with Gasteiger partial charge >= 0.3 is 37.3 Å². The van der Waals surface area contributed by atoms with Crippen molar-refractivity contribution in [1.82, 2.24) is 5.32 Å². The van der Waals surface area contributed by atoms with Crippen molar-refractivity contribution in [3.63, 3.8) is 0 Å². The molecule has 0 aromatic carbocycles. The smallest absolute Gasteiger partial charge is 0.394 e. The Kier molecular flexibility index (Phi) is 23.0. The molecule has 156 valence electrons. The van der Waals surface area contributed by atoms with Gasteiger partial charge in [0.15, 0.2) is 0 Å². The van der Waals surface area contributed by atoms with Gasteiger partial charge in [-0.2, -0.15) is 6.42 Å². The molecule has 2 N–H and O–H groups in total. The van der Waals surface area contributed by atoms with Crippen molar-refractivity contribution < 1.29 is 50.2 Å². The molecule has 0 saturated carbocycles. The number of ether oxygens (including phenoxy) is 2. The molecule has 27 heavy (non-hydrogen) atoms. The number of unbranched alkanes of at least 4 members (excludes halogenated alkanes) is 2. The van der Waals surface area contributed by atoms with Gasteiger partial charge in [-0.15, -0.1) is 5.26 Å². The summed E-state index contributed by atoms with van der Waals surface area (Å²) < 4.78 is 10.9. The molecule has 0 amide bonds. The average Bonchev–Trinajstić information content (AvgIpc) is 2.68. The zero-order valence-corrected chi connectivity index (χ0v) is 21.4. The molecule has 0 aliphatic carbocycles. The monoisotopic (exact) mass is 608 g/mol. The van der Waals surface area contributed by atoms with Crippen LogP contribution in [0, 0.1) is 62.3 Å². The van der Waals surface area contributed by atoms with Crippen LogP contribution in [0.3, 0.4) is 0 Å². The summed E-state index contributed by atoms with van der Waals surface area (Å²) in [5.74, 6) is 0.807. The van der Waals surface area contributed by atoms with Crippen LogP contribution in [0.4, 0.5) is 0 Å². The molecule has 1 aliphatic rings. The molecule has 0 radical (unpaired) electrons. The SMILES string of the molecule is [CH2-]CCCCNCCOCCOCCO.[CH2-]C[N+]1(C#N)CCC(C)CC1.[U+2]. The number of nitrogens with zero attached hydrogens (tertiary/aromatic N) is 2. The van der Waals surface area contributed by atoms with E-state index in [2.05, 4.69) is 32.3 Å². The van der Waals surface area contributed by atoms with Crippen molar-refractivity contribution in [3.8, 4) is 6.19 Å². The number of aliphatic hydroxyl groups excluding tert-OH is 1. The van der Waals surface area contributed by atoms with Gasteiger partial charge in [0.05, 0.1) is 46.1 Å². The van der Waals surface area contributed by atoms with Crippen molar-refractivity contribution in [2.75, 3.05) is 65.8 Å². The van der Waals surface area contributed by atoms with Crippen LogP contribution >= 0.6 is 0 Å². The number of nitrogens with one attached hydrogen (secondary N) is 1. The maximum Gasteiger partial charge on any atom is 2.00 e. The van der Waals surface area contributed by atoms with Crippen LogP contribution in [-0.2, 0) is 9.47 Å². The molecule has 0 unspecified atom stereocenters. The summed E-state index contributed by atoms with van der Waals surface area (Å²) in [4.78, 5) is 0. The van der Waals surface area contributed by atoms with Crippen molar-refractivity contribution in [3.05, 3.63) is 13.8 Å². The number of hydrogen-bond acceptors (Lipinski definition) is 5. The van der Waals surface area contributed by atoms with Crippen LogP contribution in [0.2, 0.25) is 0 Å². The zero-order chi connectivity index (χ0) is 19.5. The van der Waals surface area contributed by atoms with E-state index in [0.29, 0.717) is 30.9 Å². The first-order chi connectivity index (χ1) is 12.6. The Balaban J connectivity index is 0. The normalized spacial score (nSPS) is 21.5. The van der Waals surface area contributed by atoms with Crippen LogP contribution in [-0.4, -0.2) is 75.3 Å². The van der Waals surface area contributed by atoms with Crippen LogP contribution < -0.4 is 5.32 Å². The van der Waals surface area contributed by atoms with E-state index in [1.807, 2.05) is 0 Å². The fraction of sp³-hybridized carbons (Fsp3) is 0.850. The van der Waals surface area contributed by atoms with E-state index >= 15 is 0 Å². The van der Waals surface area contributed by atoms with E-state index in [4.69, 9.17) is 19.8 Å². The van der Waals surface area contributed by atoms with Gasteiger partial charge in [0, 0.05) is 19.4 Å². The molecule has 0 atom stereocenters. The van der Waals surface area contributed by atoms with Gasteiger partial charge in [-0.3, -0.25) is 6.92 Å². The Bertz CT molecular complexity index is 334. The third-order valence-corrected chi connectivity index (χ3v) is 4.62. The molecule has 1 saturated heterocycles. The summed E-state index contributed by atoms with van der Waals surface area (Å²) in [5, 5.41) is 20.6. The summed E-state index contributed by atoms with van der Waals surface area (Å²) >= 11 is 0. The molecule has 6 nitrogen and oxygen atoms in total. The first-order valence-electron chi connectivity index (χ1n) is 9.97. The van der Waals surface area contributed by atoms with Gasteiger partial charge in [0.1, 0.15) is 0 Å². The number of quaternary nitrogens is 1. The van der Waals surface area contributed by atoms with Crippen molar-refractivity contribution in [2.24, 2.45) is 5.92 Å². The Morgan fingerprint density at radius 2 is 1.70 bits per heavy atom. The fourth-order valence-electron chi connectivity index (χ4n) is 2.65. The minimum atomic E-state index is 0. The molecule has 0 aromatic rings. The van der Waals surface area contributed by atoms with Crippen LogP contribution in [0.5, 0.6) is 0 Å². The van der Waals surface area contributed by atoms with Crippen molar-refractivity contribution in [2.45, 2.75) is 39.0 Å². The maximum atomic E-state index is 8.91. The fourth-order valence-corrected chi connectivity index (χ4v) is 2.65. The van der Waals surface area contributed by atoms with Crippen LogP contribution in [0.1, 0.15) is 39.0 Å². The number of nitriles is 1. The standard InChI is InChI=1S/C11H24NO3.C9H16N2.U/c1-2-3-4-5-12-6-8-14-10-11-15-9-7-13;1-3-11(8-10)6-4-9(2)5-7-11;/h12-13H,1-11H2;9H,1,3-7H2,2H3;/q-1;;+2. The first-order valence-corrected chi connectivity index (χ1v) is 9.97. The predicted molar refractivity (Wildman–Crippen MR) is 105 cm³/mol. The average molecular weight is 609 g/mol. The predicted octanol–water partition coefficient (Wildman–Crippen LogP) is 2.15. The van der Waals surface area contributed by atoms with Crippen LogP contribution in [0.15, 0.2) is 0 Å². The molecular formula is C20H40N3O3U+. The Labute approximate surface area is 190 Å². The third kappa shape index (κ3) is 17.0.